The molecular formula is C16H25BrN2. The van der Waals surface area contributed by atoms with Crippen LogP contribution in [0.25, 0.3) is 0 Å². The largest absolute Gasteiger partial charge is 0.372 e. The molecule has 0 bridgehead atoms. The van der Waals surface area contributed by atoms with Crippen molar-refractivity contribution in [3.8, 4) is 0 Å². The molecule has 1 aliphatic carbocycles. The zero-order valence-electron chi connectivity index (χ0n) is 12.1. The molecule has 106 valence electrons. The standard InChI is InChI=1S/C16H25BrN2/c1-18-12-13-9-10-15(11-16(13)17)19(2)14-7-5-3-4-6-8-14/h9-11,14,18H,3-8,12H2,1-2H3. The molecule has 1 saturated carbocycles. The van der Waals surface area contributed by atoms with E-state index in [1.165, 1.54) is 54.2 Å². The molecule has 1 aromatic rings. The van der Waals surface area contributed by atoms with Crippen molar-refractivity contribution in [2.45, 2.75) is 51.1 Å². The van der Waals surface area contributed by atoms with Gasteiger partial charge in [0.05, 0.1) is 0 Å². The van der Waals surface area contributed by atoms with Gasteiger partial charge in [0, 0.05) is 29.8 Å². The molecule has 0 aromatic heterocycles. The predicted octanol–water partition coefficient (Wildman–Crippen LogP) is 4.33. The first-order valence-corrected chi connectivity index (χ1v) is 8.17. The van der Waals surface area contributed by atoms with Crippen LogP contribution in [0.1, 0.15) is 44.1 Å². The van der Waals surface area contributed by atoms with E-state index in [9.17, 15) is 0 Å². The highest BCUT2D eigenvalue weighted by Crippen LogP contribution is 2.28. The van der Waals surface area contributed by atoms with Gasteiger partial charge in [-0.25, -0.2) is 0 Å². The van der Waals surface area contributed by atoms with E-state index in [0.29, 0.717) is 6.04 Å². The number of hydrogen-bond donors (Lipinski definition) is 1. The van der Waals surface area contributed by atoms with Crippen LogP contribution in [0.3, 0.4) is 0 Å². The van der Waals surface area contributed by atoms with Crippen molar-refractivity contribution in [2.24, 2.45) is 0 Å². The van der Waals surface area contributed by atoms with E-state index in [0.717, 1.165) is 6.54 Å². The van der Waals surface area contributed by atoms with Gasteiger partial charge in [-0.2, -0.15) is 0 Å². The summed E-state index contributed by atoms with van der Waals surface area (Å²) in [5.41, 5.74) is 2.65. The summed E-state index contributed by atoms with van der Waals surface area (Å²) in [6.45, 7) is 0.911. The molecule has 3 heteroatoms. The Bertz CT molecular complexity index is 398. The van der Waals surface area contributed by atoms with Gasteiger partial charge in [-0.15, -0.1) is 0 Å². The highest BCUT2D eigenvalue weighted by molar-refractivity contribution is 9.10. The normalized spacial score (nSPS) is 17.2. The second-order valence-corrected chi connectivity index (χ2v) is 6.42. The minimum absolute atomic E-state index is 0.713. The van der Waals surface area contributed by atoms with Crippen molar-refractivity contribution >= 4 is 21.6 Å². The summed E-state index contributed by atoms with van der Waals surface area (Å²) >= 11 is 3.69. The minimum Gasteiger partial charge on any atom is -0.372 e. The van der Waals surface area contributed by atoms with Crippen LogP contribution in [0.2, 0.25) is 0 Å². The first-order chi connectivity index (χ1) is 9.22. The Hall–Kier alpha value is -0.540. The van der Waals surface area contributed by atoms with Crippen LogP contribution in [0, 0.1) is 0 Å². The van der Waals surface area contributed by atoms with E-state index in [4.69, 9.17) is 0 Å². The van der Waals surface area contributed by atoms with Gasteiger partial charge in [0.15, 0.2) is 0 Å². The number of halogens is 1. The average Bonchev–Trinajstić information content (AvgIpc) is 2.69. The van der Waals surface area contributed by atoms with E-state index in [1.807, 2.05) is 7.05 Å². The Morgan fingerprint density at radius 2 is 1.89 bits per heavy atom. The number of hydrogen-bond acceptors (Lipinski definition) is 2. The van der Waals surface area contributed by atoms with Crippen LogP contribution >= 0.6 is 15.9 Å². The SMILES string of the molecule is CNCc1ccc(N(C)C2CCCCCC2)cc1Br. The Kier molecular flexibility index (Phi) is 5.71. The van der Waals surface area contributed by atoms with Crippen molar-refractivity contribution in [3.05, 3.63) is 28.2 Å². The van der Waals surface area contributed by atoms with E-state index in [2.05, 4.69) is 51.4 Å². The molecule has 1 aromatic carbocycles. The van der Waals surface area contributed by atoms with Crippen LogP contribution < -0.4 is 10.2 Å². The molecule has 2 rings (SSSR count). The van der Waals surface area contributed by atoms with Crippen molar-refractivity contribution in [2.75, 3.05) is 19.0 Å². The Labute approximate surface area is 125 Å². The maximum absolute atomic E-state index is 3.69. The topological polar surface area (TPSA) is 15.3 Å². The van der Waals surface area contributed by atoms with Crippen LogP contribution in [-0.4, -0.2) is 20.1 Å². The molecule has 1 fully saturated rings. The van der Waals surface area contributed by atoms with Crippen LogP contribution in [0.5, 0.6) is 0 Å². The summed E-state index contributed by atoms with van der Waals surface area (Å²) < 4.78 is 1.21. The quantitative estimate of drug-likeness (QED) is 0.829. The molecule has 0 spiro atoms. The van der Waals surface area contributed by atoms with Crippen LogP contribution in [0.15, 0.2) is 22.7 Å². The van der Waals surface area contributed by atoms with Gasteiger partial charge >= 0.3 is 0 Å². The summed E-state index contributed by atoms with van der Waals surface area (Å²) in [6.07, 6.45) is 8.27. The first-order valence-electron chi connectivity index (χ1n) is 7.38. The lowest BCUT2D eigenvalue weighted by Crippen LogP contribution is -2.31. The molecule has 19 heavy (non-hydrogen) atoms. The molecule has 0 heterocycles. The van der Waals surface area contributed by atoms with Crippen LogP contribution in [0.4, 0.5) is 5.69 Å². The predicted molar refractivity (Wildman–Crippen MR) is 86.8 cm³/mol. The zero-order valence-corrected chi connectivity index (χ0v) is 13.7. The van der Waals surface area contributed by atoms with Gasteiger partial charge < -0.3 is 10.2 Å². The summed E-state index contributed by atoms with van der Waals surface area (Å²) in [5.74, 6) is 0. The number of nitrogens with zero attached hydrogens (tertiary/aromatic N) is 1. The molecule has 1 N–H and O–H groups in total. The number of rotatable bonds is 4. The Balaban J connectivity index is 2.09. The fourth-order valence-electron chi connectivity index (χ4n) is 2.95. The molecule has 0 radical (unpaired) electrons. The minimum atomic E-state index is 0.713. The van der Waals surface area contributed by atoms with Crippen molar-refractivity contribution in [3.63, 3.8) is 0 Å². The molecule has 0 atom stereocenters. The van der Waals surface area contributed by atoms with E-state index in [1.54, 1.807) is 0 Å². The third-order valence-corrected chi connectivity index (χ3v) is 4.92. The average molecular weight is 325 g/mol. The Morgan fingerprint density at radius 1 is 1.21 bits per heavy atom. The molecule has 0 amide bonds. The van der Waals surface area contributed by atoms with Gasteiger partial charge in [-0.05, 0) is 37.6 Å². The second-order valence-electron chi connectivity index (χ2n) is 5.56. The van der Waals surface area contributed by atoms with Crippen molar-refractivity contribution < 1.29 is 0 Å². The van der Waals surface area contributed by atoms with E-state index < -0.39 is 0 Å². The van der Waals surface area contributed by atoms with Crippen molar-refractivity contribution in [1.29, 1.82) is 0 Å². The first kappa shape index (κ1) is 14.9. The maximum atomic E-state index is 3.69. The summed E-state index contributed by atoms with van der Waals surface area (Å²) in [6, 6.07) is 7.45. The molecule has 0 saturated heterocycles. The smallest absolute Gasteiger partial charge is 0.0377 e. The molecule has 0 unspecified atom stereocenters. The summed E-state index contributed by atoms with van der Waals surface area (Å²) in [5, 5.41) is 3.20. The second kappa shape index (κ2) is 7.30. The van der Waals surface area contributed by atoms with Gasteiger partial charge in [0.1, 0.15) is 0 Å². The lowest BCUT2D eigenvalue weighted by Gasteiger charge is -2.29. The molecule has 1 aliphatic rings. The zero-order chi connectivity index (χ0) is 13.7. The van der Waals surface area contributed by atoms with Gasteiger partial charge in [0.2, 0.25) is 0 Å². The monoisotopic (exact) mass is 324 g/mol. The number of benzene rings is 1. The third kappa shape index (κ3) is 3.96. The lowest BCUT2D eigenvalue weighted by atomic mass is 10.1. The highest BCUT2D eigenvalue weighted by atomic mass is 79.9. The van der Waals surface area contributed by atoms with E-state index >= 15 is 0 Å². The molecule has 2 nitrogen and oxygen atoms in total. The van der Waals surface area contributed by atoms with Crippen LogP contribution in [-0.2, 0) is 6.54 Å². The third-order valence-electron chi connectivity index (χ3n) is 4.18. The van der Waals surface area contributed by atoms with Gasteiger partial charge in [-0.3, -0.25) is 0 Å². The summed E-state index contributed by atoms with van der Waals surface area (Å²) in [7, 11) is 4.23. The number of nitrogens with one attached hydrogen (secondary N) is 1. The van der Waals surface area contributed by atoms with Gasteiger partial charge in [0.25, 0.3) is 0 Å². The lowest BCUT2D eigenvalue weighted by molar-refractivity contribution is 0.553. The Morgan fingerprint density at radius 3 is 2.47 bits per heavy atom. The fraction of sp³-hybridized carbons (Fsp3) is 0.625. The molecule has 0 aliphatic heterocycles. The van der Waals surface area contributed by atoms with E-state index in [-0.39, 0.29) is 0 Å². The number of anilines is 1. The van der Waals surface area contributed by atoms with Crippen molar-refractivity contribution in [1.82, 2.24) is 5.32 Å². The molecular weight excluding hydrogens is 300 g/mol. The summed E-state index contributed by atoms with van der Waals surface area (Å²) in [4.78, 5) is 2.47. The van der Waals surface area contributed by atoms with Gasteiger partial charge in [-0.1, -0.05) is 47.7 Å². The fourth-order valence-corrected chi connectivity index (χ4v) is 3.45. The maximum Gasteiger partial charge on any atom is 0.0377 e. The highest BCUT2D eigenvalue weighted by Gasteiger charge is 2.17.